The normalized spacial score (nSPS) is 30.7. The first-order valence-electron chi connectivity index (χ1n) is 5.19. The second-order valence-electron chi connectivity index (χ2n) is 4.56. The summed E-state index contributed by atoms with van der Waals surface area (Å²) >= 11 is 0. The summed E-state index contributed by atoms with van der Waals surface area (Å²) in [5.74, 6) is 0.380. The fourth-order valence-electron chi connectivity index (χ4n) is 1.69. The van der Waals surface area contributed by atoms with E-state index in [-0.39, 0.29) is 5.78 Å². The number of rotatable bonds is 5. The lowest BCUT2D eigenvalue weighted by molar-refractivity contribution is -0.125. The van der Waals surface area contributed by atoms with E-state index < -0.39 is 17.7 Å². The van der Waals surface area contributed by atoms with E-state index in [0.717, 1.165) is 12.8 Å². The lowest BCUT2D eigenvalue weighted by atomic mass is 9.96. The Kier molecular flexibility index (Phi) is 2.42. The van der Waals surface area contributed by atoms with Gasteiger partial charge in [-0.15, -0.1) is 0 Å². The monoisotopic (exact) mass is 213 g/mol. The minimum Gasteiger partial charge on any atom is -0.465 e. The predicted octanol–water partition coefficient (Wildman–Crippen LogP) is 0.781. The van der Waals surface area contributed by atoms with Crippen LogP contribution in [-0.2, 0) is 9.53 Å². The number of carboxylic acid groups (broad SMARTS) is 1. The van der Waals surface area contributed by atoms with Crippen molar-refractivity contribution in [3.05, 3.63) is 0 Å². The standard InChI is InChI=1S/C10H15NO4/c1-10(5-15-10)8(12)7(11-9(13)14)4-6-2-3-6/h6-7,11H,2-5H2,1H3,(H,13,14). The fourth-order valence-corrected chi connectivity index (χ4v) is 1.69. The number of carbonyl (C=O) groups excluding carboxylic acids is 1. The van der Waals surface area contributed by atoms with Crippen LogP contribution in [0.15, 0.2) is 0 Å². The van der Waals surface area contributed by atoms with Gasteiger partial charge in [0.2, 0.25) is 0 Å². The summed E-state index contributed by atoms with van der Waals surface area (Å²) in [7, 11) is 0. The van der Waals surface area contributed by atoms with Gasteiger partial charge < -0.3 is 15.2 Å². The number of ether oxygens (including phenoxy) is 1. The van der Waals surface area contributed by atoms with E-state index in [2.05, 4.69) is 5.32 Å². The molecule has 2 unspecified atom stereocenters. The zero-order valence-electron chi connectivity index (χ0n) is 8.66. The third kappa shape index (κ3) is 2.47. The summed E-state index contributed by atoms with van der Waals surface area (Å²) in [6, 6.07) is -0.595. The van der Waals surface area contributed by atoms with Gasteiger partial charge >= 0.3 is 6.09 Å². The Hall–Kier alpha value is -1.10. The van der Waals surface area contributed by atoms with Gasteiger partial charge in [-0.05, 0) is 19.3 Å². The van der Waals surface area contributed by atoms with Crippen LogP contribution in [0.3, 0.4) is 0 Å². The summed E-state index contributed by atoms with van der Waals surface area (Å²) in [6.45, 7) is 2.12. The molecule has 1 aliphatic heterocycles. The third-order valence-electron chi connectivity index (χ3n) is 2.98. The number of hydrogen-bond acceptors (Lipinski definition) is 3. The maximum Gasteiger partial charge on any atom is 0.405 e. The van der Waals surface area contributed by atoms with Gasteiger partial charge in [0.1, 0.15) is 5.60 Å². The number of hydrogen-bond donors (Lipinski definition) is 2. The summed E-state index contributed by atoms with van der Waals surface area (Å²) in [5.41, 5.74) is -0.734. The second kappa shape index (κ2) is 3.48. The number of ketones is 1. The molecule has 0 bridgehead atoms. The van der Waals surface area contributed by atoms with Crippen LogP contribution in [0.1, 0.15) is 26.2 Å². The molecule has 1 saturated heterocycles. The van der Waals surface area contributed by atoms with E-state index in [1.807, 2.05) is 0 Å². The highest BCUT2D eigenvalue weighted by Crippen LogP contribution is 2.36. The van der Waals surface area contributed by atoms with E-state index in [0.29, 0.717) is 18.9 Å². The van der Waals surface area contributed by atoms with Crippen LogP contribution < -0.4 is 5.32 Å². The SMILES string of the molecule is CC1(C(=O)C(CC2CC2)NC(=O)O)CO1. The minimum atomic E-state index is -1.14. The molecule has 0 spiro atoms. The molecular weight excluding hydrogens is 198 g/mol. The van der Waals surface area contributed by atoms with Crippen LogP contribution in [-0.4, -0.2) is 35.2 Å². The molecule has 0 radical (unpaired) electrons. The maximum absolute atomic E-state index is 11.9. The Morgan fingerprint density at radius 1 is 1.60 bits per heavy atom. The Labute approximate surface area is 87.8 Å². The predicted molar refractivity (Wildman–Crippen MR) is 51.7 cm³/mol. The first-order chi connectivity index (χ1) is 7.01. The van der Waals surface area contributed by atoms with Gasteiger partial charge in [0, 0.05) is 0 Å². The number of carbonyl (C=O) groups is 2. The van der Waals surface area contributed by atoms with Gasteiger partial charge in [0.05, 0.1) is 12.6 Å². The topological polar surface area (TPSA) is 78.9 Å². The zero-order valence-corrected chi connectivity index (χ0v) is 8.66. The first-order valence-corrected chi connectivity index (χ1v) is 5.19. The molecule has 0 aromatic carbocycles. The molecule has 5 nitrogen and oxygen atoms in total. The minimum absolute atomic E-state index is 0.128. The number of amides is 1. The van der Waals surface area contributed by atoms with Crippen LogP contribution >= 0.6 is 0 Å². The average Bonchev–Trinajstić information content (AvgIpc) is 3.01. The third-order valence-corrected chi connectivity index (χ3v) is 2.98. The van der Waals surface area contributed by atoms with E-state index in [1.54, 1.807) is 6.92 Å². The summed E-state index contributed by atoms with van der Waals surface area (Å²) in [4.78, 5) is 22.4. The fraction of sp³-hybridized carbons (Fsp3) is 0.800. The Morgan fingerprint density at radius 2 is 2.20 bits per heavy atom. The summed E-state index contributed by atoms with van der Waals surface area (Å²) < 4.78 is 5.04. The van der Waals surface area contributed by atoms with E-state index in [4.69, 9.17) is 9.84 Å². The summed E-state index contributed by atoms with van der Waals surface area (Å²) in [5, 5.41) is 10.9. The van der Waals surface area contributed by atoms with Crippen molar-refractivity contribution < 1.29 is 19.4 Å². The first kappa shape index (κ1) is 10.4. The van der Waals surface area contributed by atoms with Crippen molar-refractivity contribution in [1.82, 2.24) is 5.32 Å². The number of Topliss-reactive ketones (excluding diaryl/α,β-unsaturated/α-hetero) is 1. The second-order valence-corrected chi connectivity index (χ2v) is 4.56. The highest BCUT2D eigenvalue weighted by molar-refractivity contribution is 5.95. The Balaban J connectivity index is 1.96. The average molecular weight is 213 g/mol. The lowest BCUT2D eigenvalue weighted by Crippen LogP contribution is -2.45. The molecule has 2 rings (SSSR count). The van der Waals surface area contributed by atoms with Crippen molar-refractivity contribution in [1.29, 1.82) is 0 Å². The van der Waals surface area contributed by atoms with Crippen molar-refractivity contribution in [3.8, 4) is 0 Å². The van der Waals surface area contributed by atoms with Crippen molar-refractivity contribution in [2.45, 2.75) is 37.8 Å². The van der Waals surface area contributed by atoms with Crippen molar-refractivity contribution in [3.63, 3.8) is 0 Å². The maximum atomic E-state index is 11.9. The Bertz CT molecular complexity index is 294. The molecule has 1 saturated carbocycles. The molecule has 1 amide bonds. The van der Waals surface area contributed by atoms with Crippen molar-refractivity contribution >= 4 is 11.9 Å². The molecule has 1 aliphatic carbocycles. The quantitative estimate of drug-likeness (QED) is 0.661. The smallest absolute Gasteiger partial charge is 0.405 e. The molecular formula is C10H15NO4. The lowest BCUT2D eigenvalue weighted by Gasteiger charge is -2.17. The van der Waals surface area contributed by atoms with Crippen LogP contribution in [0.25, 0.3) is 0 Å². The molecule has 2 N–H and O–H groups in total. The van der Waals surface area contributed by atoms with Crippen LogP contribution in [0, 0.1) is 5.92 Å². The molecule has 1 heterocycles. The molecule has 5 heteroatoms. The number of epoxide rings is 1. The van der Waals surface area contributed by atoms with Gasteiger partial charge in [-0.1, -0.05) is 12.8 Å². The highest BCUT2D eigenvalue weighted by Gasteiger charge is 2.50. The van der Waals surface area contributed by atoms with E-state index in [1.165, 1.54) is 0 Å². The van der Waals surface area contributed by atoms with Gasteiger partial charge in [0.25, 0.3) is 0 Å². The van der Waals surface area contributed by atoms with Crippen LogP contribution in [0.4, 0.5) is 4.79 Å². The Morgan fingerprint density at radius 3 is 2.60 bits per heavy atom. The van der Waals surface area contributed by atoms with E-state index >= 15 is 0 Å². The molecule has 2 aliphatic rings. The molecule has 0 aromatic rings. The molecule has 2 fully saturated rings. The van der Waals surface area contributed by atoms with Crippen LogP contribution in [0.2, 0.25) is 0 Å². The molecule has 84 valence electrons. The molecule has 15 heavy (non-hydrogen) atoms. The molecule has 0 aromatic heterocycles. The van der Waals surface area contributed by atoms with Gasteiger partial charge in [-0.25, -0.2) is 4.79 Å². The molecule has 2 atom stereocenters. The van der Waals surface area contributed by atoms with Gasteiger partial charge in [0.15, 0.2) is 5.78 Å². The largest absolute Gasteiger partial charge is 0.465 e. The summed E-state index contributed by atoms with van der Waals surface area (Å²) in [6.07, 6.45) is 1.67. The van der Waals surface area contributed by atoms with E-state index in [9.17, 15) is 9.59 Å². The van der Waals surface area contributed by atoms with Gasteiger partial charge in [-0.2, -0.15) is 0 Å². The zero-order chi connectivity index (χ0) is 11.1. The number of nitrogens with one attached hydrogen (secondary N) is 1. The highest BCUT2D eigenvalue weighted by atomic mass is 16.6. The van der Waals surface area contributed by atoms with Gasteiger partial charge in [-0.3, -0.25) is 4.79 Å². The van der Waals surface area contributed by atoms with Crippen molar-refractivity contribution in [2.75, 3.05) is 6.61 Å². The van der Waals surface area contributed by atoms with Crippen molar-refractivity contribution in [2.24, 2.45) is 5.92 Å². The van der Waals surface area contributed by atoms with Crippen LogP contribution in [0.5, 0.6) is 0 Å².